The van der Waals surface area contributed by atoms with Crippen molar-refractivity contribution in [2.24, 2.45) is 0 Å². The lowest BCUT2D eigenvalue weighted by atomic mass is 10.1. The Morgan fingerprint density at radius 3 is 2.62 bits per heavy atom. The average molecular weight is 217 g/mol. The van der Waals surface area contributed by atoms with Crippen molar-refractivity contribution in [1.82, 2.24) is 14.5 Å². The smallest absolute Gasteiger partial charge is 0.195 e. The molecule has 0 aromatic carbocycles. The van der Waals surface area contributed by atoms with Gasteiger partial charge in [-0.3, -0.25) is 9.78 Å². The Kier molecular flexibility index (Phi) is 2.30. The number of imidazole rings is 1. The van der Waals surface area contributed by atoms with Crippen molar-refractivity contribution >= 4 is 16.8 Å². The normalized spacial score (nSPS) is 12.0. The predicted octanol–water partition coefficient (Wildman–Crippen LogP) is 2.39. The molecule has 0 saturated carbocycles. The number of hydrogen-bond donors (Lipinski definition) is 0. The molecule has 0 fully saturated rings. The highest BCUT2D eigenvalue weighted by Gasteiger charge is 2.23. The van der Waals surface area contributed by atoms with Gasteiger partial charge in [0.25, 0.3) is 0 Å². The van der Waals surface area contributed by atoms with Gasteiger partial charge in [-0.15, -0.1) is 0 Å². The number of rotatable bonds is 1. The molecule has 0 radical (unpaired) electrons. The van der Waals surface area contributed by atoms with E-state index >= 15 is 0 Å². The molecule has 0 aliphatic heterocycles. The fourth-order valence-electron chi connectivity index (χ4n) is 1.85. The number of fused-ring (bicyclic) bond motifs is 1. The van der Waals surface area contributed by atoms with Crippen LogP contribution in [0.3, 0.4) is 0 Å². The lowest BCUT2D eigenvalue weighted by molar-refractivity contribution is 0.0994. The van der Waals surface area contributed by atoms with Gasteiger partial charge in [0.05, 0.1) is 11.7 Å². The van der Waals surface area contributed by atoms with Gasteiger partial charge < -0.3 is 4.57 Å². The third-order valence-electron chi connectivity index (χ3n) is 2.44. The van der Waals surface area contributed by atoms with E-state index in [1.54, 1.807) is 12.4 Å². The molecule has 0 spiro atoms. The van der Waals surface area contributed by atoms with Gasteiger partial charge in [0.1, 0.15) is 5.52 Å². The molecule has 0 amide bonds. The molecule has 2 aromatic rings. The molecular weight excluding hydrogens is 202 g/mol. The topological polar surface area (TPSA) is 47.8 Å². The van der Waals surface area contributed by atoms with E-state index in [0.29, 0.717) is 5.82 Å². The molecule has 16 heavy (non-hydrogen) atoms. The molecule has 4 heteroatoms. The van der Waals surface area contributed by atoms with Gasteiger partial charge in [-0.2, -0.15) is 0 Å². The van der Waals surface area contributed by atoms with Crippen LogP contribution in [-0.4, -0.2) is 20.3 Å². The largest absolute Gasteiger partial charge is 0.316 e. The van der Waals surface area contributed by atoms with Crippen molar-refractivity contribution in [2.45, 2.75) is 33.2 Å². The molecular formula is C12H15N3O. The zero-order valence-electron chi connectivity index (χ0n) is 9.98. The summed E-state index contributed by atoms with van der Waals surface area (Å²) in [7, 11) is 0. The third-order valence-corrected chi connectivity index (χ3v) is 2.44. The Morgan fingerprint density at radius 2 is 2.06 bits per heavy atom. The summed E-state index contributed by atoms with van der Waals surface area (Å²) >= 11 is 0. The monoisotopic (exact) mass is 217 g/mol. The highest BCUT2D eigenvalue weighted by atomic mass is 16.1. The van der Waals surface area contributed by atoms with Gasteiger partial charge in [0.2, 0.25) is 0 Å². The maximum absolute atomic E-state index is 11.6. The number of carbonyl (C=O) groups is 1. The number of Topliss-reactive ketones (excluding diaryl/α,β-unsaturated/α-hetero) is 1. The van der Waals surface area contributed by atoms with Crippen LogP contribution in [0.1, 0.15) is 38.3 Å². The van der Waals surface area contributed by atoms with Crippen molar-refractivity contribution < 1.29 is 4.79 Å². The van der Waals surface area contributed by atoms with Gasteiger partial charge in [-0.1, -0.05) is 0 Å². The number of nitrogens with zero attached hydrogens (tertiary/aromatic N) is 3. The van der Waals surface area contributed by atoms with E-state index in [2.05, 4.69) is 30.7 Å². The van der Waals surface area contributed by atoms with Crippen molar-refractivity contribution in [1.29, 1.82) is 0 Å². The van der Waals surface area contributed by atoms with Crippen LogP contribution in [0.15, 0.2) is 18.5 Å². The second-order valence-corrected chi connectivity index (χ2v) is 4.86. The van der Waals surface area contributed by atoms with Crippen LogP contribution in [-0.2, 0) is 5.54 Å². The first kappa shape index (κ1) is 10.8. The minimum absolute atomic E-state index is 0.0221. The minimum Gasteiger partial charge on any atom is -0.316 e. The molecule has 0 aliphatic carbocycles. The van der Waals surface area contributed by atoms with E-state index in [4.69, 9.17) is 0 Å². The van der Waals surface area contributed by atoms with Gasteiger partial charge >= 0.3 is 0 Å². The Bertz CT molecular complexity index is 549. The fourth-order valence-corrected chi connectivity index (χ4v) is 1.85. The minimum atomic E-state index is -0.170. The van der Waals surface area contributed by atoms with Gasteiger partial charge in [-0.25, -0.2) is 4.98 Å². The number of carbonyl (C=O) groups excluding carboxylic acids is 1. The van der Waals surface area contributed by atoms with E-state index in [1.165, 1.54) is 6.92 Å². The van der Waals surface area contributed by atoms with Crippen LogP contribution in [0, 0.1) is 0 Å². The van der Waals surface area contributed by atoms with Crippen LogP contribution in [0.5, 0.6) is 0 Å². The maximum atomic E-state index is 11.6. The third kappa shape index (κ3) is 1.60. The lowest BCUT2D eigenvalue weighted by Gasteiger charge is -2.23. The Labute approximate surface area is 94.3 Å². The van der Waals surface area contributed by atoms with Crippen LogP contribution < -0.4 is 0 Å². The Morgan fingerprint density at radius 1 is 1.38 bits per heavy atom. The number of ketones is 1. The fraction of sp³-hybridized carbons (Fsp3) is 0.417. The zero-order valence-corrected chi connectivity index (χ0v) is 9.98. The quantitative estimate of drug-likeness (QED) is 0.689. The predicted molar refractivity (Wildman–Crippen MR) is 62.5 cm³/mol. The molecule has 2 rings (SSSR count). The molecule has 2 heterocycles. The van der Waals surface area contributed by atoms with Crippen LogP contribution >= 0.6 is 0 Å². The molecule has 0 atom stereocenters. The molecule has 0 saturated heterocycles. The summed E-state index contributed by atoms with van der Waals surface area (Å²) in [5.41, 5.74) is 1.55. The zero-order chi connectivity index (χ0) is 11.9. The van der Waals surface area contributed by atoms with E-state index in [1.807, 2.05) is 10.6 Å². The summed E-state index contributed by atoms with van der Waals surface area (Å²) in [6.07, 6.45) is 3.40. The second kappa shape index (κ2) is 3.40. The molecule has 4 nitrogen and oxygen atoms in total. The van der Waals surface area contributed by atoms with Gasteiger partial charge in [0.15, 0.2) is 11.6 Å². The van der Waals surface area contributed by atoms with Crippen molar-refractivity contribution in [3.05, 3.63) is 24.3 Å². The first-order valence-corrected chi connectivity index (χ1v) is 5.25. The van der Waals surface area contributed by atoms with E-state index in [0.717, 1.165) is 11.0 Å². The second-order valence-electron chi connectivity index (χ2n) is 4.86. The molecule has 84 valence electrons. The molecule has 0 unspecified atom stereocenters. The summed E-state index contributed by atoms with van der Waals surface area (Å²) < 4.78 is 1.96. The van der Waals surface area contributed by atoms with E-state index in [-0.39, 0.29) is 11.3 Å². The van der Waals surface area contributed by atoms with E-state index in [9.17, 15) is 4.79 Å². The summed E-state index contributed by atoms with van der Waals surface area (Å²) in [6.45, 7) is 7.71. The number of pyridine rings is 1. The standard InChI is InChI=1S/C12H15N3O/c1-8(16)11-14-9-7-13-6-5-10(9)15(11)12(2,3)4/h5-7H,1-4H3. The number of hydrogen-bond acceptors (Lipinski definition) is 3. The summed E-state index contributed by atoms with van der Waals surface area (Å²) in [5.74, 6) is 0.474. The Hall–Kier alpha value is -1.71. The molecule has 0 bridgehead atoms. The SMILES string of the molecule is CC(=O)c1nc2cnccc2n1C(C)(C)C. The van der Waals surface area contributed by atoms with Crippen molar-refractivity contribution in [2.75, 3.05) is 0 Å². The lowest BCUT2D eigenvalue weighted by Crippen LogP contribution is -2.25. The van der Waals surface area contributed by atoms with Gasteiger partial charge in [-0.05, 0) is 26.8 Å². The molecule has 0 N–H and O–H groups in total. The van der Waals surface area contributed by atoms with Gasteiger partial charge in [0, 0.05) is 18.7 Å². The van der Waals surface area contributed by atoms with Crippen LogP contribution in [0.2, 0.25) is 0 Å². The van der Waals surface area contributed by atoms with Crippen molar-refractivity contribution in [3.8, 4) is 0 Å². The first-order valence-electron chi connectivity index (χ1n) is 5.25. The number of aromatic nitrogens is 3. The molecule has 0 aliphatic rings. The van der Waals surface area contributed by atoms with Crippen LogP contribution in [0.4, 0.5) is 0 Å². The highest BCUT2D eigenvalue weighted by Crippen LogP contribution is 2.24. The average Bonchev–Trinajstić information content (AvgIpc) is 2.55. The molecule has 2 aromatic heterocycles. The highest BCUT2D eigenvalue weighted by molar-refractivity contribution is 5.94. The summed E-state index contributed by atoms with van der Waals surface area (Å²) in [4.78, 5) is 19.9. The van der Waals surface area contributed by atoms with Crippen molar-refractivity contribution in [3.63, 3.8) is 0 Å². The Balaban J connectivity index is 2.85. The maximum Gasteiger partial charge on any atom is 0.195 e. The van der Waals surface area contributed by atoms with Crippen LogP contribution in [0.25, 0.3) is 11.0 Å². The summed E-state index contributed by atoms with van der Waals surface area (Å²) in [5, 5.41) is 0. The summed E-state index contributed by atoms with van der Waals surface area (Å²) in [6, 6.07) is 1.89. The first-order chi connectivity index (χ1) is 7.41. The van der Waals surface area contributed by atoms with E-state index < -0.39 is 0 Å².